The number of aldehydes is 1. The number of amides is 2. The van der Waals surface area contributed by atoms with Gasteiger partial charge in [-0.1, -0.05) is 0 Å². The maximum atomic E-state index is 13.2. The van der Waals surface area contributed by atoms with Gasteiger partial charge in [-0.05, 0) is 12.1 Å². The highest BCUT2D eigenvalue weighted by molar-refractivity contribution is 5.90. The first kappa shape index (κ1) is 12.0. The Bertz CT molecular complexity index is 516. The molecule has 1 aromatic rings. The van der Waals surface area contributed by atoms with Gasteiger partial charge in [0.2, 0.25) is 0 Å². The Balaban J connectivity index is 2.09. The second kappa shape index (κ2) is 4.82. The monoisotopic (exact) mass is 253 g/mol. The summed E-state index contributed by atoms with van der Waals surface area (Å²) in [5.41, 5.74) is -0.143. The van der Waals surface area contributed by atoms with E-state index in [4.69, 9.17) is 4.74 Å². The Labute approximate surface area is 101 Å². The summed E-state index contributed by atoms with van der Waals surface area (Å²) < 4.78 is 22.6. The van der Waals surface area contributed by atoms with Gasteiger partial charge in [-0.25, -0.2) is 18.9 Å². The summed E-state index contributed by atoms with van der Waals surface area (Å²) in [6, 6.07) is 3.32. The van der Waals surface area contributed by atoms with Crippen molar-refractivity contribution in [2.24, 2.45) is 0 Å². The molecular weight excluding hydrogens is 245 g/mol. The second-order valence-corrected chi connectivity index (χ2v) is 3.44. The summed E-state index contributed by atoms with van der Waals surface area (Å²) in [4.78, 5) is 33.7. The number of rotatable bonds is 2. The molecule has 0 atom stereocenters. The van der Waals surface area contributed by atoms with E-state index in [1.807, 2.05) is 0 Å². The van der Waals surface area contributed by atoms with Crippen LogP contribution < -0.4 is 4.74 Å². The zero-order valence-corrected chi connectivity index (χ0v) is 9.09. The second-order valence-electron chi connectivity index (χ2n) is 3.44. The number of halogens is 1. The average Bonchev–Trinajstić information content (AvgIpc) is 2.76. The molecule has 2 amide bonds. The third kappa shape index (κ3) is 2.29. The highest BCUT2D eigenvalue weighted by Gasteiger charge is 2.30. The lowest BCUT2D eigenvalue weighted by molar-refractivity contribution is 0.111. The fourth-order valence-electron chi connectivity index (χ4n) is 1.38. The van der Waals surface area contributed by atoms with Gasteiger partial charge in [0.25, 0.3) is 0 Å². The largest absolute Gasteiger partial charge is 0.447 e. The molecule has 0 N–H and O–H groups in total. The fraction of sp³-hybridized carbons (Fsp3) is 0.182. The van der Waals surface area contributed by atoms with Crippen molar-refractivity contribution in [3.63, 3.8) is 0 Å². The molecular formula is C11H8FNO5. The van der Waals surface area contributed by atoms with Crippen molar-refractivity contribution in [1.29, 1.82) is 0 Å². The maximum Gasteiger partial charge on any atom is 0.424 e. The van der Waals surface area contributed by atoms with Gasteiger partial charge in [-0.2, -0.15) is 0 Å². The minimum Gasteiger partial charge on any atom is -0.447 e. The lowest BCUT2D eigenvalue weighted by Crippen LogP contribution is -2.34. The quantitative estimate of drug-likeness (QED) is 0.748. The van der Waals surface area contributed by atoms with Gasteiger partial charge in [-0.15, -0.1) is 0 Å². The molecule has 1 aliphatic rings. The first-order chi connectivity index (χ1) is 8.61. The summed E-state index contributed by atoms with van der Waals surface area (Å²) in [5.74, 6) is -0.901. The molecule has 0 radical (unpaired) electrons. The lowest BCUT2D eigenvalue weighted by atomic mass is 10.2. The van der Waals surface area contributed by atoms with Gasteiger partial charge in [0.15, 0.2) is 6.29 Å². The van der Waals surface area contributed by atoms with Crippen LogP contribution in [0.5, 0.6) is 5.75 Å². The van der Waals surface area contributed by atoms with E-state index in [9.17, 15) is 18.8 Å². The van der Waals surface area contributed by atoms with Crippen LogP contribution in [0.3, 0.4) is 0 Å². The van der Waals surface area contributed by atoms with Crippen LogP contribution in [-0.2, 0) is 4.74 Å². The van der Waals surface area contributed by atoms with Crippen LogP contribution in [0, 0.1) is 5.82 Å². The zero-order chi connectivity index (χ0) is 13.1. The van der Waals surface area contributed by atoms with Crippen molar-refractivity contribution in [1.82, 2.24) is 4.90 Å². The Hall–Kier alpha value is -2.44. The Morgan fingerprint density at radius 2 is 2.28 bits per heavy atom. The number of ether oxygens (including phenoxy) is 2. The van der Waals surface area contributed by atoms with Gasteiger partial charge in [0, 0.05) is 6.07 Å². The molecule has 1 saturated heterocycles. The first-order valence-electron chi connectivity index (χ1n) is 5.02. The Kier molecular flexibility index (Phi) is 3.22. The molecule has 0 saturated carbocycles. The summed E-state index contributed by atoms with van der Waals surface area (Å²) in [5, 5.41) is 0. The molecule has 0 spiro atoms. The zero-order valence-electron chi connectivity index (χ0n) is 9.09. The van der Waals surface area contributed by atoms with E-state index in [2.05, 4.69) is 4.74 Å². The first-order valence-corrected chi connectivity index (χ1v) is 5.02. The van der Waals surface area contributed by atoms with Crippen molar-refractivity contribution in [3.8, 4) is 5.75 Å². The van der Waals surface area contributed by atoms with Crippen LogP contribution in [0.25, 0.3) is 0 Å². The molecule has 1 aromatic carbocycles. The minimum absolute atomic E-state index is 0.0899. The van der Waals surface area contributed by atoms with Crippen LogP contribution >= 0.6 is 0 Å². The van der Waals surface area contributed by atoms with E-state index < -0.39 is 18.0 Å². The van der Waals surface area contributed by atoms with Crippen molar-refractivity contribution >= 4 is 18.5 Å². The molecule has 18 heavy (non-hydrogen) atoms. The van der Waals surface area contributed by atoms with E-state index in [0.29, 0.717) is 6.29 Å². The minimum atomic E-state index is -0.948. The summed E-state index contributed by atoms with van der Waals surface area (Å²) in [6.45, 7) is 0.193. The smallest absolute Gasteiger partial charge is 0.424 e. The van der Waals surface area contributed by atoms with E-state index in [-0.39, 0.29) is 24.5 Å². The molecule has 1 fully saturated rings. The highest BCUT2D eigenvalue weighted by Crippen LogP contribution is 2.17. The Morgan fingerprint density at radius 3 is 2.83 bits per heavy atom. The fourth-order valence-corrected chi connectivity index (χ4v) is 1.38. The molecule has 7 heteroatoms. The topological polar surface area (TPSA) is 72.9 Å². The number of carbonyl (C=O) groups is 3. The summed E-state index contributed by atoms with van der Waals surface area (Å²) in [6.07, 6.45) is -1.40. The third-order valence-corrected chi connectivity index (χ3v) is 2.29. The molecule has 1 aliphatic heterocycles. The van der Waals surface area contributed by atoms with E-state index in [1.165, 1.54) is 12.1 Å². The predicted molar refractivity (Wildman–Crippen MR) is 55.9 cm³/mol. The highest BCUT2D eigenvalue weighted by atomic mass is 19.1. The molecule has 94 valence electrons. The number of nitrogens with zero attached hydrogens (tertiary/aromatic N) is 1. The molecule has 1 heterocycles. The number of hydrogen-bond acceptors (Lipinski definition) is 5. The molecule has 0 aromatic heterocycles. The molecule has 0 bridgehead atoms. The van der Waals surface area contributed by atoms with Gasteiger partial charge in [0.05, 0.1) is 12.1 Å². The van der Waals surface area contributed by atoms with E-state index in [1.54, 1.807) is 0 Å². The van der Waals surface area contributed by atoms with Gasteiger partial charge < -0.3 is 9.47 Å². The van der Waals surface area contributed by atoms with Crippen LogP contribution in [0.4, 0.5) is 14.0 Å². The van der Waals surface area contributed by atoms with Gasteiger partial charge >= 0.3 is 12.2 Å². The normalized spacial score (nSPS) is 14.3. The van der Waals surface area contributed by atoms with Crippen molar-refractivity contribution in [2.75, 3.05) is 13.2 Å². The molecule has 6 nitrogen and oxygen atoms in total. The van der Waals surface area contributed by atoms with Gasteiger partial charge in [-0.3, -0.25) is 4.79 Å². The van der Waals surface area contributed by atoms with Gasteiger partial charge in [0.1, 0.15) is 18.2 Å². The summed E-state index contributed by atoms with van der Waals surface area (Å²) in [7, 11) is 0. The van der Waals surface area contributed by atoms with E-state index >= 15 is 0 Å². The standard InChI is InChI=1S/C11H8FNO5/c12-9-5-8(2-1-7(9)6-14)18-11(16)13-3-4-17-10(13)15/h1-2,5-6H,3-4H2. The number of carbonyl (C=O) groups excluding carboxylic acids is 3. The molecule has 0 aliphatic carbocycles. The van der Waals surface area contributed by atoms with Crippen molar-refractivity contribution in [2.45, 2.75) is 0 Å². The number of cyclic esters (lactones) is 1. The maximum absolute atomic E-state index is 13.2. The van der Waals surface area contributed by atoms with Crippen molar-refractivity contribution in [3.05, 3.63) is 29.6 Å². The molecule has 2 rings (SSSR count). The van der Waals surface area contributed by atoms with Crippen molar-refractivity contribution < 1.29 is 28.2 Å². The SMILES string of the molecule is O=Cc1ccc(OC(=O)N2CCOC2=O)cc1F. The van der Waals surface area contributed by atoms with Crippen LogP contribution in [-0.4, -0.2) is 36.5 Å². The third-order valence-electron chi connectivity index (χ3n) is 2.29. The Morgan fingerprint density at radius 1 is 1.50 bits per heavy atom. The summed E-state index contributed by atoms with van der Waals surface area (Å²) >= 11 is 0. The van der Waals surface area contributed by atoms with E-state index in [0.717, 1.165) is 11.0 Å². The number of hydrogen-bond donors (Lipinski definition) is 0. The number of imide groups is 1. The average molecular weight is 253 g/mol. The van der Waals surface area contributed by atoms with Crippen LogP contribution in [0.1, 0.15) is 10.4 Å². The molecule has 0 unspecified atom stereocenters. The van der Waals surface area contributed by atoms with Crippen LogP contribution in [0.2, 0.25) is 0 Å². The van der Waals surface area contributed by atoms with Crippen LogP contribution in [0.15, 0.2) is 18.2 Å². The lowest BCUT2D eigenvalue weighted by Gasteiger charge is -2.10. The predicted octanol–water partition coefficient (Wildman–Crippen LogP) is 1.59. The number of benzene rings is 1.